The molecule has 1 atom stereocenters. The molecule has 2 N–H and O–H groups in total. The molecule has 0 aromatic heterocycles. The number of benzene rings is 4. The van der Waals surface area contributed by atoms with Gasteiger partial charge in [0.1, 0.15) is 5.82 Å². The molecule has 0 saturated carbocycles. The molecule has 2 amide bonds. The van der Waals surface area contributed by atoms with E-state index in [1.54, 1.807) is 19.1 Å². The molecule has 0 aliphatic rings. The van der Waals surface area contributed by atoms with Crippen LogP contribution >= 0.6 is 23.4 Å². The third-order valence-corrected chi connectivity index (χ3v) is 6.36. The molecule has 0 aliphatic heterocycles. The summed E-state index contributed by atoms with van der Waals surface area (Å²) in [6.45, 7) is 1.77. The summed E-state index contributed by atoms with van der Waals surface area (Å²) in [7, 11) is 0. The summed E-state index contributed by atoms with van der Waals surface area (Å²) >= 11 is 7.12. The molecule has 4 nitrogen and oxygen atoms in total. The number of carbonyl (C=O) groups excluding carboxylic acids is 2. The van der Waals surface area contributed by atoms with Crippen molar-refractivity contribution in [2.75, 3.05) is 10.6 Å². The van der Waals surface area contributed by atoms with Gasteiger partial charge in [-0.05, 0) is 66.2 Å². The maximum atomic E-state index is 13.3. The van der Waals surface area contributed by atoms with E-state index in [1.165, 1.54) is 30.0 Å². The van der Waals surface area contributed by atoms with Gasteiger partial charge in [0.15, 0.2) is 0 Å². The van der Waals surface area contributed by atoms with Crippen LogP contribution in [0.25, 0.3) is 10.8 Å². The Morgan fingerprint density at radius 2 is 1.61 bits per heavy atom. The fourth-order valence-electron chi connectivity index (χ4n) is 3.26. The van der Waals surface area contributed by atoms with Gasteiger partial charge in [0.2, 0.25) is 5.91 Å². The summed E-state index contributed by atoms with van der Waals surface area (Å²) in [5.41, 5.74) is 1.63. The van der Waals surface area contributed by atoms with E-state index in [0.717, 1.165) is 15.7 Å². The smallest absolute Gasteiger partial charge is 0.255 e. The van der Waals surface area contributed by atoms with Crippen molar-refractivity contribution in [2.24, 2.45) is 0 Å². The molecule has 0 radical (unpaired) electrons. The molecule has 4 aromatic carbocycles. The normalized spacial score (nSPS) is 11.7. The largest absolute Gasteiger partial charge is 0.325 e. The second-order valence-corrected chi connectivity index (χ2v) is 9.24. The van der Waals surface area contributed by atoms with Crippen LogP contribution in [0.3, 0.4) is 0 Å². The van der Waals surface area contributed by atoms with Crippen molar-refractivity contribution in [3.05, 3.63) is 101 Å². The van der Waals surface area contributed by atoms with Gasteiger partial charge < -0.3 is 10.6 Å². The van der Waals surface area contributed by atoms with Gasteiger partial charge in [-0.15, -0.1) is 11.8 Å². The number of anilines is 2. The van der Waals surface area contributed by atoms with Crippen molar-refractivity contribution in [1.29, 1.82) is 0 Å². The summed E-state index contributed by atoms with van der Waals surface area (Å²) in [4.78, 5) is 26.1. The number of carbonyl (C=O) groups is 2. The Morgan fingerprint density at radius 3 is 2.39 bits per heavy atom. The maximum Gasteiger partial charge on any atom is 0.255 e. The second kappa shape index (κ2) is 10.1. The standard InChI is InChI=1S/C26H20ClFN2O2S/c1-16(25(31)29-21-11-12-24(28)23(27)15-21)33-22-8-4-7-20(14-22)30-26(32)19-10-9-17-5-2-3-6-18(17)13-19/h2-16H,1H3,(H,29,31)(H,30,32). The number of hydrogen-bond donors (Lipinski definition) is 2. The molecule has 0 bridgehead atoms. The fourth-order valence-corrected chi connectivity index (χ4v) is 4.36. The van der Waals surface area contributed by atoms with E-state index in [4.69, 9.17) is 11.6 Å². The van der Waals surface area contributed by atoms with Crippen LogP contribution in [0.4, 0.5) is 15.8 Å². The van der Waals surface area contributed by atoms with Crippen LogP contribution in [0.1, 0.15) is 17.3 Å². The van der Waals surface area contributed by atoms with E-state index in [2.05, 4.69) is 10.6 Å². The fraction of sp³-hybridized carbons (Fsp3) is 0.0769. The zero-order valence-corrected chi connectivity index (χ0v) is 19.2. The van der Waals surface area contributed by atoms with Gasteiger partial charge in [-0.3, -0.25) is 9.59 Å². The van der Waals surface area contributed by atoms with Crippen LogP contribution in [0.15, 0.2) is 89.8 Å². The minimum Gasteiger partial charge on any atom is -0.325 e. The lowest BCUT2D eigenvalue weighted by molar-refractivity contribution is -0.115. The van der Waals surface area contributed by atoms with E-state index in [9.17, 15) is 14.0 Å². The first kappa shape index (κ1) is 22.8. The van der Waals surface area contributed by atoms with Crippen molar-refractivity contribution < 1.29 is 14.0 Å². The molecule has 166 valence electrons. The third-order valence-electron chi connectivity index (χ3n) is 4.97. The lowest BCUT2D eigenvalue weighted by atomic mass is 10.1. The molecule has 0 fully saturated rings. The molecule has 0 spiro atoms. The van der Waals surface area contributed by atoms with Gasteiger partial charge in [0.25, 0.3) is 5.91 Å². The minimum absolute atomic E-state index is 0.0528. The minimum atomic E-state index is -0.542. The number of nitrogens with one attached hydrogen (secondary N) is 2. The van der Waals surface area contributed by atoms with Crippen LogP contribution < -0.4 is 10.6 Å². The Balaban J connectivity index is 1.40. The van der Waals surface area contributed by atoms with Crippen LogP contribution in [0.5, 0.6) is 0 Å². The molecule has 0 saturated heterocycles. The van der Waals surface area contributed by atoms with Gasteiger partial charge in [0.05, 0.1) is 10.3 Å². The highest BCUT2D eigenvalue weighted by Gasteiger charge is 2.16. The lowest BCUT2D eigenvalue weighted by Gasteiger charge is -2.13. The summed E-state index contributed by atoms with van der Waals surface area (Å²) in [5, 5.41) is 7.23. The highest BCUT2D eigenvalue weighted by Crippen LogP contribution is 2.28. The number of halogens is 2. The van der Waals surface area contributed by atoms with Gasteiger partial charge >= 0.3 is 0 Å². The van der Waals surface area contributed by atoms with E-state index < -0.39 is 11.1 Å². The lowest BCUT2D eigenvalue weighted by Crippen LogP contribution is -2.22. The average molecular weight is 479 g/mol. The topological polar surface area (TPSA) is 58.2 Å². The molecular weight excluding hydrogens is 459 g/mol. The van der Waals surface area contributed by atoms with Crippen LogP contribution in [0.2, 0.25) is 5.02 Å². The first-order valence-corrected chi connectivity index (χ1v) is 11.5. The number of hydrogen-bond acceptors (Lipinski definition) is 3. The van der Waals surface area contributed by atoms with Crippen molar-refractivity contribution >= 4 is 57.3 Å². The number of thioether (sulfide) groups is 1. The van der Waals surface area contributed by atoms with Crippen molar-refractivity contribution in [3.8, 4) is 0 Å². The van der Waals surface area contributed by atoms with Crippen molar-refractivity contribution in [2.45, 2.75) is 17.1 Å². The number of rotatable bonds is 6. The van der Waals surface area contributed by atoms with E-state index in [-0.39, 0.29) is 16.8 Å². The zero-order valence-electron chi connectivity index (χ0n) is 17.6. The molecule has 7 heteroatoms. The molecule has 4 rings (SSSR count). The third kappa shape index (κ3) is 5.72. The highest BCUT2D eigenvalue weighted by atomic mass is 35.5. The predicted molar refractivity (Wildman–Crippen MR) is 134 cm³/mol. The summed E-state index contributed by atoms with van der Waals surface area (Å²) in [6.07, 6.45) is 0. The Morgan fingerprint density at radius 1 is 0.848 bits per heavy atom. The zero-order chi connectivity index (χ0) is 23.4. The van der Waals surface area contributed by atoms with Crippen molar-refractivity contribution in [3.63, 3.8) is 0 Å². The highest BCUT2D eigenvalue weighted by molar-refractivity contribution is 8.00. The van der Waals surface area contributed by atoms with Crippen LogP contribution in [-0.4, -0.2) is 17.1 Å². The van der Waals surface area contributed by atoms with E-state index in [1.807, 2.05) is 54.6 Å². The predicted octanol–water partition coefficient (Wildman–Crippen LogP) is 7.00. The Hall–Kier alpha value is -3.35. The summed E-state index contributed by atoms with van der Waals surface area (Å²) in [5.74, 6) is -0.991. The molecule has 33 heavy (non-hydrogen) atoms. The Bertz CT molecular complexity index is 1340. The van der Waals surface area contributed by atoms with E-state index >= 15 is 0 Å². The molecule has 0 aliphatic carbocycles. The number of amides is 2. The first-order chi connectivity index (χ1) is 15.9. The van der Waals surface area contributed by atoms with Gasteiger partial charge in [-0.2, -0.15) is 0 Å². The van der Waals surface area contributed by atoms with Gasteiger partial charge in [-0.25, -0.2) is 4.39 Å². The molecule has 1 unspecified atom stereocenters. The van der Waals surface area contributed by atoms with Crippen LogP contribution in [-0.2, 0) is 4.79 Å². The van der Waals surface area contributed by atoms with E-state index in [0.29, 0.717) is 16.9 Å². The first-order valence-electron chi connectivity index (χ1n) is 10.2. The van der Waals surface area contributed by atoms with Crippen LogP contribution in [0, 0.1) is 5.82 Å². The molecule has 4 aromatic rings. The Kier molecular flexibility index (Phi) is 6.96. The monoisotopic (exact) mass is 478 g/mol. The number of fused-ring (bicyclic) bond motifs is 1. The maximum absolute atomic E-state index is 13.3. The average Bonchev–Trinajstić information content (AvgIpc) is 2.81. The Labute approximate surface area is 200 Å². The van der Waals surface area contributed by atoms with Crippen molar-refractivity contribution in [1.82, 2.24) is 0 Å². The molecule has 0 heterocycles. The SMILES string of the molecule is CC(Sc1cccc(NC(=O)c2ccc3ccccc3c2)c1)C(=O)Nc1ccc(F)c(Cl)c1. The second-order valence-electron chi connectivity index (χ2n) is 7.42. The summed E-state index contributed by atoms with van der Waals surface area (Å²) in [6, 6.07) is 24.8. The summed E-state index contributed by atoms with van der Waals surface area (Å²) < 4.78 is 13.3. The molecular formula is C26H20ClFN2O2S. The quantitative estimate of drug-likeness (QED) is 0.293. The van der Waals surface area contributed by atoms with Gasteiger partial charge in [0, 0.05) is 21.8 Å². The van der Waals surface area contributed by atoms with Gasteiger partial charge in [-0.1, -0.05) is 48.0 Å².